The molecule has 0 fully saturated rings. The van der Waals surface area contributed by atoms with Crippen LogP contribution in [0.3, 0.4) is 0 Å². The number of hydrogen-bond acceptors (Lipinski definition) is 3. The lowest BCUT2D eigenvalue weighted by atomic mass is 10.1. The van der Waals surface area contributed by atoms with Crippen LogP contribution in [0.15, 0.2) is 42.5 Å². The minimum absolute atomic E-state index is 0.154. The van der Waals surface area contributed by atoms with Crippen molar-refractivity contribution in [3.05, 3.63) is 59.4 Å². The predicted molar refractivity (Wildman–Crippen MR) is 83.1 cm³/mol. The van der Waals surface area contributed by atoms with E-state index in [2.05, 4.69) is 10.3 Å². The second-order valence-electron chi connectivity index (χ2n) is 4.79. The smallest absolute Gasteiger partial charge is 0.230 e. The second kappa shape index (κ2) is 5.61. The number of carbonyl (C=O) groups excluding carboxylic acids is 1. The van der Waals surface area contributed by atoms with Crippen LogP contribution in [0.2, 0.25) is 0 Å². The monoisotopic (exact) mass is 300 g/mol. The molecule has 1 amide bonds. The highest BCUT2D eigenvalue weighted by atomic mass is 32.1. The molecule has 0 aliphatic rings. The summed E-state index contributed by atoms with van der Waals surface area (Å²) < 4.78 is 13.9. The van der Waals surface area contributed by atoms with Gasteiger partial charge in [0, 0.05) is 0 Å². The van der Waals surface area contributed by atoms with Gasteiger partial charge in [0.2, 0.25) is 5.91 Å². The minimum atomic E-state index is -0.305. The van der Waals surface area contributed by atoms with Gasteiger partial charge in [0.15, 0.2) is 5.13 Å². The van der Waals surface area contributed by atoms with E-state index in [1.54, 1.807) is 12.1 Å². The molecule has 1 heterocycles. The fraction of sp³-hybridized carbons (Fsp3) is 0.125. The highest BCUT2D eigenvalue weighted by Gasteiger charge is 2.09. The Labute approximate surface area is 125 Å². The Morgan fingerprint density at radius 2 is 2.00 bits per heavy atom. The van der Waals surface area contributed by atoms with Gasteiger partial charge in [-0.1, -0.05) is 35.6 Å². The fourth-order valence-corrected chi connectivity index (χ4v) is 3.05. The Bertz CT molecular complexity index is 796. The van der Waals surface area contributed by atoms with Crippen LogP contribution < -0.4 is 5.32 Å². The molecule has 0 bridgehead atoms. The number of thiazole rings is 1. The molecule has 106 valence electrons. The van der Waals surface area contributed by atoms with Gasteiger partial charge in [-0.2, -0.15) is 0 Å². The van der Waals surface area contributed by atoms with Crippen LogP contribution in [-0.2, 0) is 11.2 Å². The van der Waals surface area contributed by atoms with Crippen molar-refractivity contribution in [3.8, 4) is 0 Å². The van der Waals surface area contributed by atoms with Gasteiger partial charge in [0.05, 0.1) is 16.6 Å². The van der Waals surface area contributed by atoms with Crippen LogP contribution in [0, 0.1) is 12.7 Å². The number of aryl methyl sites for hydroxylation is 1. The van der Waals surface area contributed by atoms with Crippen LogP contribution in [0.5, 0.6) is 0 Å². The third kappa shape index (κ3) is 3.08. The number of nitrogens with zero attached hydrogens (tertiary/aromatic N) is 1. The van der Waals surface area contributed by atoms with Gasteiger partial charge in [0.1, 0.15) is 5.82 Å². The van der Waals surface area contributed by atoms with E-state index in [1.807, 2.05) is 25.1 Å². The molecule has 5 heteroatoms. The molecular weight excluding hydrogens is 287 g/mol. The van der Waals surface area contributed by atoms with E-state index in [4.69, 9.17) is 0 Å². The Balaban J connectivity index is 1.74. The second-order valence-corrected chi connectivity index (χ2v) is 5.82. The number of aromatic nitrogens is 1. The summed E-state index contributed by atoms with van der Waals surface area (Å²) in [6.07, 6.45) is 0.204. The number of para-hydroxylation sites is 1. The van der Waals surface area contributed by atoms with Crippen molar-refractivity contribution in [3.63, 3.8) is 0 Å². The van der Waals surface area contributed by atoms with Crippen LogP contribution >= 0.6 is 11.3 Å². The maximum absolute atomic E-state index is 12.8. The highest BCUT2D eigenvalue weighted by molar-refractivity contribution is 7.22. The predicted octanol–water partition coefficient (Wildman–Crippen LogP) is 3.93. The SMILES string of the molecule is Cc1cccc2sc(NC(=O)Cc3ccc(F)cc3)nc12. The number of fused-ring (bicyclic) bond motifs is 1. The number of halogens is 1. The Kier molecular flexibility index (Phi) is 3.66. The molecule has 0 radical (unpaired) electrons. The molecule has 3 nitrogen and oxygen atoms in total. The molecule has 21 heavy (non-hydrogen) atoms. The zero-order chi connectivity index (χ0) is 14.8. The van der Waals surface area contributed by atoms with Crippen LogP contribution in [0.1, 0.15) is 11.1 Å². The minimum Gasteiger partial charge on any atom is -0.302 e. The van der Waals surface area contributed by atoms with Gasteiger partial charge < -0.3 is 5.32 Å². The molecule has 0 unspecified atom stereocenters. The molecular formula is C16H13FN2OS. The molecule has 2 aromatic carbocycles. The van der Waals surface area contributed by atoms with Gasteiger partial charge in [-0.3, -0.25) is 4.79 Å². The summed E-state index contributed by atoms with van der Waals surface area (Å²) in [5.74, 6) is -0.459. The number of hydrogen-bond donors (Lipinski definition) is 1. The maximum atomic E-state index is 12.8. The number of rotatable bonds is 3. The summed E-state index contributed by atoms with van der Waals surface area (Å²) in [6.45, 7) is 1.99. The van der Waals surface area contributed by atoms with Crippen LogP contribution in [-0.4, -0.2) is 10.9 Å². The third-order valence-corrected chi connectivity index (χ3v) is 4.08. The Morgan fingerprint density at radius 1 is 1.24 bits per heavy atom. The number of nitrogens with one attached hydrogen (secondary N) is 1. The lowest BCUT2D eigenvalue weighted by Crippen LogP contribution is -2.14. The number of benzene rings is 2. The summed E-state index contributed by atoms with van der Waals surface area (Å²) in [4.78, 5) is 16.4. The number of carbonyl (C=O) groups is 1. The highest BCUT2D eigenvalue weighted by Crippen LogP contribution is 2.27. The van der Waals surface area contributed by atoms with E-state index in [0.29, 0.717) is 5.13 Å². The average molecular weight is 300 g/mol. The Hall–Kier alpha value is -2.27. The number of amides is 1. The zero-order valence-electron chi connectivity index (χ0n) is 11.4. The van der Waals surface area contributed by atoms with Crippen molar-refractivity contribution in [2.45, 2.75) is 13.3 Å². The first-order valence-corrected chi connectivity index (χ1v) is 7.34. The summed E-state index contributed by atoms with van der Waals surface area (Å²) in [5.41, 5.74) is 2.77. The van der Waals surface area contributed by atoms with E-state index in [1.165, 1.54) is 23.5 Å². The van der Waals surface area contributed by atoms with Crippen molar-refractivity contribution in [2.24, 2.45) is 0 Å². The summed E-state index contributed by atoms with van der Waals surface area (Å²) in [7, 11) is 0. The summed E-state index contributed by atoms with van der Waals surface area (Å²) >= 11 is 1.45. The van der Waals surface area contributed by atoms with Gasteiger partial charge in [-0.05, 0) is 36.2 Å². The molecule has 1 aromatic heterocycles. The first kappa shape index (κ1) is 13.7. The van der Waals surface area contributed by atoms with Crippen molar-refractivity contribution >= 4 is 32.6 Å². The van der Waals surface area contributed by atoms with Crippen molar-refractivity contribution in [1.82, 2.24) is 4.98 Å². The van der Waals surface area contributed by atoms with E-state index in [-0.39, 0.29) is 18.1 Å². The van der Waals surface area contributed by atoms with Gasteiger partial charge in [0.25, 0.3) is 0 Å². The zero-order valence-corrected chi connectivity index (χ0v) is 12.2. The first-order chi connectivity index (χ1) is 10.1. The molecule has 0 aliphatic heterocycles. The van der Waals surface area contributed by atoms with E-state index in [9.17, 15) is 9.18 Å². The molecule has 1 N–H and O–H groups in total. The molecule has 0 atom stereocenters. The maximum Gasteiger partial charge on any atom is 0.230 e. The first-order valence-electron chi connectivity index (χ1n) is 6.52. The fourth-order valence-electron chi connectivity index (χ4n) is 2.09. The molecule has 0 spiro atoms. The summed E-state index contributed by atoms with van der Waals surface area (Å²) in [6, 6.07) is 11.9. The van der Waals surface area contributed by atoms with Gasteiger partial charge >= 0.3 is 0 Å². The topological polar surface area (TPSA) is 42.0 Å². The van der Waals surface area contributed by atoms with Crippen LogP contribution in [0.25, 0.3) is 10.2 Å². The molecule has 3 rings (SSSR count). The normalized spacial score (nSPS) is 10.8. The summed E-state index contributed by atoms with van der Waals surface area (Å²) in [5, 5.41) is 3.39. The molecule has 0 saturated carbocycles. The van der Waals surface area contributed by atoms with Gasteiger partial charge in [-0.15, -0.1) is 0 Å². The molecule has 3 aromatic rings. The number of anilines is 1. The van der Waals surface area contributed by atoms with Crippen molar-refractivity contribution in [2.75, 3.05) is 5.32 Å². The van der Waals surface area contributed by atoms with Crippen molar-refractivity contribution in [1.29, 1.82) is 0 Å². The largest absolute Gasteiger partial charge is 0.302 e. The lowest BCUT2D eigenvalue weighted by molar-refractivity contribution is -0.115. The third-order valence-electron chi connectivity index (χ3n) is 3.15. The van der Waals surface area contributed by atoms with E-state index >= 15 is 0 Å². The van der Waals surface area contributed by atoms with E-state index < -0.39 is 0 Å². The molecule has 0 saturated heterocycles. The van der Waals surface area contributed by atoms with Gasteiger partial charge in [-0.25, -0.2) is 9.37 Å². The average Bonchev–Trinajstić information content (AvgIpc) is 2.85. The standard InChI is InChI=1S/C16H13FN2OS/c1-10-3-2-4-13-15(10)19-16(21-13)18-14(20)9-11-5-7-12(17)8-6-11/h2-8H,9H2,1H3,(H,18,19,20). The van der Waals surface area contributed by atoms with E-state index in [0.717, 1.165) is 21.3 Å². The quantitative estimate of drug-likeness (QED) is 0.796. The Morgan fingerprint density at radius 3 is 2.71 bits per heavy atom. The lowest BCUT2D eigenvalue weighted by Gasteiger charge is -2.01. The van der Waals surface area contributed by atoms with Crippen LogP contribution in [0.4, 0.5) is 9.52 Å². The molecule has 0 aliphatic carbocycles. The van der Waals surface area contributed by atoms with Crippen molar-refractivity contribution < 1.29 is 9.18 Å².